The van der Waals surface area contributed by atoms with E-state index in [1.807, 2.05) is 24.3 Å². The van der Waals surface area contributed by atoms with E-state index in [-0.39, 0.29) is 25.4 Å². The van der Waals surface area contributed by atoms with E-state index >= 15 is 0 Å². The van der Waals surface area contributed by atoms with Crippen LogP contribution in [0.1, 0.15) is 10.7 Å². The molecule has 26 heavy (non-hydrogen) atoms. The van der Waals surface area contributed by atoms with Crippen LogP contribution in [0.25, 0.3) is 15.2 Å². The molecule has 0 saturated heterocycles. The summed E-state index contributed by atoms with van der Waals surface area (Å²) in [5.74, 6) is -0.515. The number of rotatable bonds is 6. The molecule has 0 aliphatic carbocycles. The lowest BCUT2D eigenvalue weighted by molar-refractivity contribution is -0.150. The van der Waals surface area contributed by atoms with Crippen LogP contribution in [0.3, 0.4) is 0 Å². The van der Waals surface area contributed by atoms with Crippen molar-refractivity contribution >= 4 is 43.8 Å². The van der Waals surface area contributed by atoms with Crippen molar-refractivity contribution in [1.82, 2.24) is 14.4 Å². The Morgan fingerprint density at radius 3 is 2.96 bits per heavy atom. The third-order valence-electron chi connectivity index (χ3n) is 3.52. The number of fused-ring (bicyclic) bond motifs is 2. The molecule has 0 aliphatic rings. The van der Waals surface area contributed by atoms with Crippen LogP contribution in [-0.4, -0.2) is 26.9 Å². The van der Waals surface area contributed by atoms with E-state index in [1.165, 1.54) is 33.1 Å². The molecule has 0 N–H and O–H groups in total. The summed E-state index contributed by atoms with van der Waals surface area (Å²) < 4.78 is 13.0. The molecular formula is C17H13N3O4S2. The SMILES string of the molecule is O=C(COCc1nc2ccccc2s1)OCc1cc(=O)n2ccsc2n1. The van der Waals surface area contributed by atoms with Gasteiger partial charge < -0.3 is 9.47 Å². The molecule has 0 radical (unpaired) electrons. The van der Waals surface area contributed by atoms with Crippen molar-refractivity contribution in [3.8, 4) is 0 Å². The van der Waals surface area contributed by atoms with Gasteiger partial charge in [0.15, 0.2) is 4.96 Å². The molecule has 4 rings (SSSR count). The zero-order valence-electron chi connectivity index (χ0n) is 13.5. The second-order valence-corrected chi connectivity index (χ2v) is 7.36. The molecule has 0 aliphatic heterocycles. The number of benzene rings is 1. The summed E-state index contributed by atoms with van der Waals surface area (Å²) in [5.41, 5.74) is 1.13. The first-order chi connectivity index (χ1) is 12.7. The maximum atomic E-state index is 11.9. The number of esters is 1. The average molecular weight is 387 g/mol. The van der Waals surface area contributed by atoms with E-state index in [0.29, 0.717) is 10.7 Å². The van der Waals surface area contributed by atoms with Crippen LogP contribution in [0.15, 0.2) is 46.7 Å². The van der Waals surface area contributed by atoms with Gasteiger partial charge >= 0.3 is 5.97 Å². The van der Waals surface area contributed by atoms with Gasteiger partial charge in [-0.25, -0.2) is 14.8 Å². The van der Waals surface area contributed by atoms with Gasteiger partial charge in [0.1, 0.15) is 18.2 Å². The normalized spacial score (nSPS) is 11.2. The number of nitrogens with zero attached hydrogens (tertiary/aromatic N) is 3. The van der Waals surface area contributed by atoms with Gasteiger partial charge in [-0.2, -0.15) is 0 Å². The van der Waals surface area contributed by atoms with Crippen molar-refractivity contribution < 1.29 is 14.3 Å². The molecule has 0 amide bonds. The van der Waals surface area contributed by atoms with Gasteiger partial charge in [-0.05, 0) is 12.1 Å². The number of hydrogen-bond donors (Lipinski definition) is 0. The monoisotopic (exact) mass is 387 g/mol. The number of para-hydroxylation sites is 1. The lowest BCUT2D eigenvalue weighted by Crippen LogP contribution is -2.16. The van der Waals surface area contributed by atoms with E-state index in [0.717, 1.165) is 15.2 Å². The Hall–Kier alpha value is -2.62. The fourth-order valence-corrected chi connectivity index (χ4v) is 4.00. The minimum Gasteiger partial charge on any atom is -0.457 e. The molecule has 0 unspecified atom stereocenters. The Bertz CT molecular complexity index is 1100. The highest BCUT2D eigenvalue weighted by Crippen LogP contribution is 2.21. The molecular weight excluding hydrogens is 374 g/mol. The molecule has 0 bridgehead atoms. The summed E-state index contributed by atoms with van der Waals surface area (Å²) in [6, 6.07) is 9.16. The number of ether oxygens (including phenoxy) is 2. The summed E-state index contributed by atoms with van der Waals surface area (Å²) in [6.45, 7) is -0.00166. The van der Waals surface area contributed by atoms with Crippen molar-refractivity contribution in [2.75, 3.05) is 6.61 Å². The van der Waals surface area contributed by atoms with E-state index < -0.39 is 5.97 Å². The van der Waals surface area contributed by atoms with Crippen LogP contribution in [0.5, 0.6) is 0 Å². The molecule has 132 valence electrons. The highest BCUT2D eigenvalue weighted by Gasteiger charge is 2.09. The first-order valence-electron chi connectivity index (χ1n) is 7.73. The molecule has 0 atom stereocenters. The summed E-state index contributed by atoms with van der Waals surface area (Å²) in [7, 11) is 0. The smallest absolute Gasteiger partial charge is 0.332 e. The van der Waals surface area contributed by atoms with Gasteiger partial charge in [-0.3, -0.25) is 9.20 Å². The molecule has 7 nitrogen and oxygen atoms in total. The predicted octanol–water partition coefficient (Wildman–Crippen LogP) is 2.63. The molecule has 0 fully saturated rings. The average Bonchev–Trinajstić information content (AvgIpc) is 3.26. The van der Waals surface area contributed by atoms with E-state index in [1.54, 1.807) is 11.6 Å². The highest BCUT2D eigenvalue weighted by molar-refractivity contribution is 7.18. The maximum absolute atomic E-state index is 11.9. The van der Waals surface area contributed by atoms with Crippen molar-refractivity contribution in [2.24, 2.45) is 0 Å². The van der Waals surface area contributed by atoms with Crippen LogP contribution >= 0.6 is 22.7 Å². The minimum absolute atomic E-state index is 0.0625. The third-order valence-corrected chi connectivity index (χ3v) is 5.29. The fraction of sp³-hybridized carbons (Fsp3) is 0.176. The number of aromatic nitrogens is 3. The van der Waals surface area contributed by atoms with Crippen molar-refractivity contribution in [3.63, 3.8) is 0 Å². The number of carbonyl (C=O) groups is 1. The zero-order valence-corrected chi connectivity index (χ0v) is 15.1. The third kappa shape index (κ3) is 3.64. The van der Waals surface area contributed by atoms with Gasteiger partial charge in [0.25, 0.3) is 5.56 Å². The predicted molar refractivity (Wildman–Crippen MR) is 98.4 cm³/mol. The zero-order chi connectivity index (χ0) is 17.9. The summed E-state index contributed by atoms with van der Waals surface area (Å²) in [6.07, 6.45) is 1.65. The van der Waals surface area contributed by atoms with E-state index in [9.17, 15) is 9.59 Å². The Morgan fingerprint density at radius 1 is 1.19 bits per heavy atom. The van der Waals surface area contributed by atoms with Gasteiger partial charge in [-0.1, -0.05) is 12.1 Å². The molecule has 1 aromatic carbocycles. The van der Waals surface area contributed by atoms with Crippen LogP contribution in [0, 0.1) is 0 Å². The second kappa shape index (κ2) is 7.32. The van der Waals surface area contributed by atoms with Crippen molar-refractivity contribution in [1.29, 1.82) is 0 Å². The highest BCUT2D eigenvalue weighted by atomic mass is 32.1. The fourth-order valence-electron chi connectivity index (χ4n) is 2.36. The van der Waals surface area contributed by atoms with Gasteiger partial charge in [0.2, 0.25) is 0 Å². The Labute approximate surface area is 155 Å². The number of hydrogen-bond acceptors (Lipinski definition) is 8. The molecule has 4 aromatic rings. The van der Waals surface area contributed by atoms with Crippen molar-refractivity contribution in [2.45, 2.75) is 13.2 Å². The summed E-state index contributed by atoms with van der Waals surface area (Å²) >= 11 is 2.87. The van der Waals surface area contributed by atoms with E-state index in [2.05, 4.69) is 9.97 Å². The van der Waals surface area contributed by atoms with Crippen LogP contribution < -0.4 is 5.56 Å². The lowest BCUT2D eigenvalue weighted by Gasteiger charge is -2.05. The van der Waals surface area contributed by atoms with Gasteiger partial charge in [0, 0.05) is 17.6 Å². The summed E-state index contributed by atoms with van der Waals surface area (Å²) in [5, 5.41) is 2.58. The Morgan fingerprint density at radius 2 is 2.08 bits per heavy atom. The van der Waals surface area contributed by atoms with E-state index in [4.69, 9.17) is 9.47 Å². The molecule has 0 saturated carbocycles. The lowest BCUT2D eigenvalue weighted by atomic mass is 10.3. The molecule has 3 heterocycles. The number of thiazole rings is 2. The second-order valence-electron chi connectivity index (χ2n) is 5.37. The molecule has 0 spiro atoms. The van der Waals surface area contributed by atoms with Gasteiger partial charge in [-0.15, -0.1) is 22.7 Å². The van der Waals surface area contributed by atoms with Crippen LogP contribution in [-0.2, 0) is 27.5 Å². The molecule has 3 aromatic heterocycles. The quantitative estimate of drug-likeness (QED) is 0.473. The topological polar surface area (TPSA) is 82.8 Å². The maximum Gasteiger partial charge on any atom is 0.332 e. The first kappa shape index (κ1) is 16.8. The number of carbonyl (C=O) groups excluding carboxylic acids is 1. The van der Waals surface area contributed by atoms with Crippen LogP contribution in [0.2, 0.25) is 0 Å². The molecule has 9 heteroatoms. The van der Waals surface area contributed by atoms with Crippen LogP contribution in [0.4, 0.5) is 0 Å². The largest absolute Gasteiger partial charge is 0.457 e. The minimum atomic E-state index is -0.515. The standard InChI is InChI=1S/C17H13N3O4S2/c21-15-7-11(18-17-20(15)5-6-25-17)8-24-16(22)10-23-9-14-19-12-3-1-2-4-13(12)26-14/h1-7H,8-10H2. The first-order valence-corrected chi connectivity index (χ1v) is 9.42. The van der Waals surface area contributed by atoms with Crippen molar-refractivity contribution in [3.05, 3.63) is 63.0 Å². The Balaban J connectivity index is 1.29. The summed E-state index contributed by atoms with van der Waals surface area (Å²) in [4.78, 5) is 32.9. The van der Waals surface area contributed by atoms with Gasteiger partial charge in [0.05, 0.1) is 22.5 Å². The Kier molecular flexibility index (Phi) is 4.74.